The Hall–Kier alpha value is -0.893. The second kappa shape index (κ2) is 7.93. The van der Waals surface area contributed by atoms with Crippen molar-refractivity contribution in [1.29, 1.82) is 0 Å². The van der Waals surface area contributed by atoms with Gasteiger partial charge in [0.05, 0.1) is 5.56 Å². The molecule has 0 saturated carbocycles. The van der Waals surface area contributed by atoms with Crippen molar-refractivity contribution < 1.29 is 26.4 Å². The molecule has 0 aliphatic heterocycles. The van der Waals surface area contributed by atoms with Gasteiger partial charge in [0.2, 0.25) is 0 Å². The van der Waals surface area contributed by atoms with Gasteiger partial charge in [0.15, 0.2) is 0 Å². The summed E-state index contributed by atoms with van der Waals surface area (Å²) in [5, 5.41) is 0. The maximum Gasteiger partial charge on any atom is 0.500 e. The fraction of sp³-hybridized carbons (Fsp3) is 0.571. The zero-order valence-electron chi connectivity index (χ0n) is 12.5. The van der Waals surface area contributed by atoms with E-state index in [9.17, 15) is 13.2 Å². The first-order chi connectivity index (χ1) is 9.87. The Bertz CT molecular complexity index is 408. The summed E-state index contributed by atoms with van der Waals surface area (Å²) in [7, 11) is 2.16. The van der Waals surface area contributed by atoms with Gasteiger partial charge in [-0.1, -0.05) is 12.1 Å². The third-order valence-electron chi connectivity index (χ3n) is 3.41. The van der Waals surface area contributed by atoms with Gasteiger partial charge in [-0.25, -0.2) is 0 Å². The first-order valence-corrected chi connectivity index (χ1v) is 8.61. The van der Waals surface area contributed by atoms with Gasteiger partial charge in [-0.3, -0.25) is 0 Å². The zero-order valence-corrected chi connectivity index (χ0v) is 13.5. The molecule has 120 valence electrons. The van der Waals surface area contributed by atoms with E-state index in [2.05, 4.69) is 0 Å². The summed E-state index contributed by atoms with van der Waals surface area (Å²) in [6, 6.07) is 5.98. The lowest BCUT2D eigenvalue weighted by Gasteiger charge is -2.24. The topological polar surface area (TPSA) is 27.7 Å². The molecular formula is C14H21F3O3Si. The molecular weight excluding hydrogens is 301 g/mol. The van der Waals surface area contributed by atoms with Crippen LogP contribution in [0, 0.1) is 0 Å². The highest BCUT2D eigenvalue weighted by atomic mass is 28.4. The Morgan fingerprint density at radius 3 is 1.86 bits per heavy atom. The minimum Gasteiger partial charge on any atom is -0.377 e. The standard InChI is InChI=1S/C14H21F3O3Si/c1-18-21(19-2,20-3)11-5-4-6-12-7-9-13(10-8-12)14(15,16)17/h7-10H,4-6,11H2,1-3H3. The molecule has 1 aromatic rings. The van der Waals surface area contributed by atoms with E-state index in [1.54, 1.807) is 21.3 Å². The third kappa shape index (κ3) is 5.42. The summed E-state index contributed by atoms with van der Waals surface area (Å²) in [6.45, 7) is 0. The van der Waals surface area contributed by atoms with Crippen molar-refractivity contribution in [2.45, 2.75) is 31.5 Å². The van der Waals surface area contributed by atoms with Crippen LogP contribution in [0.1, 0.15) is 24.0 Å². The average Bonchev–Trinajstić information content (AvgIpc) is 2.48. The molecule has 1 rings (SSSR count). The molecule has 0 aromatic heterocycles. The van der Waals surface area contributed by atoms with E-state index in [1.807, 2.05) is 0 Å². The number of benzene rings is 1. The predicted octanol–water partition coefficient (Wildman–Crippen LogP) is 3.91. The van der Waals surface area contributed by atoms with Crippen LogP contribution in [0.2, 0.25) is 6.04 Å². The minimum absolute atomic E-state index is 0.615. The number of rotatable bonds is 8. The molecule has 0 heterocycles. The molecule has 0 atom stereocenters. The Morgan fingerprint density at radius 1 is 0.905 bits per heavy atom. The zero-order chi connectivity index (χ0) is 15.9. The van der Waals surface area contributed by atoms with Gasteiger partial charge in [0, 0.05) is 27.4 Å². The molecule has 0 aliphatic carbocycles. The maximum atomic E-state index is 12.4. The van der Waals surface area contributed by atoms with Crippen molar-refractivity contribution in [1.82, 2.24) is 0 Å². The second-order valence-electron chi connectivity index (χ2n) is 4.70. The highest BCUT2D eigenvalue weighted by Gasteiger charge is 2.36. The second-order valence-corrected chi connectivity index (χ2v) is 7.79. The largest absolute Gasteiger partial charge is 0.500 e. The van der Waals surface area contributed by atoms with Gasteiger partial charge in [-0.15, -0.1) is 0 Å². The van der Waals surface area contributed by atoms with Gasteiger partial charge >= 0.3 is 15.0 Å². The SMILES string of the molecule is CO[Si](CCCCc1ccc(C(F)(F)F)cc1)(OC)OC. The van der Waals surface area contributed by atoms with Crippen LogP contribution in [0.25, 0.3) is 0 Å². The molecule has 3 nitrogen and oxygen atoms in total. The van der Waals surface area contributed by atoms with Crippen molar-refractivity contribution in [2.24, 2.45) is 0 Å². The highest BCUT2D eigenvalue weighted by molar-refractivity contribution is 6.60. The summed E-state index contributed by atoms with van der Waals surface area (Å²) in [6.07, 6.45) is -1.88. The molecule has 0 unspecified atom stereocenters. The summed E-state index contributed by atoms with van der Waals surface area (Å²) in [4.78, 5) is 0. The van der Waals surface area contributed by atoms with Crippen LogP contribution in [-0.4, -0.2) is 30.1 Å². The van der Waals surface area contributed by atoms with Gasteiger partial charge in [-0.2, -0.15) is 13.2 Å². The van der Waals surface area contributed by atoms with Crippen LogP contribution in [0.3, 0.4) is 0 Å². The van der Waals surface area contributed by atoms with Gasteiger partial charge < -0.3 is 13.3 Å². The van der Waals surface area contributed by atoms with Gasteiger partial charge in [-0.05, 0) is 37.0 Å². The fourth-order valence-electron chi connectivity index (χ4n) is 2.09. The molecule has 0 bridgehead atoms. The predicted molar refractivity (Wildman–Crippen MR) is 76.0 cm³/mol. The number of hydrogen-bond acceptors (Lipinski definition) is 3. The van der Waals surface area contributed by atoms with Gasteiger partial charge in [0.25, 0.3) is 0 Å². The summed E-state index contributed by atoms with van der Waals surface area (Å²) >= 11 is 0. The fourth-order valence-corrected chi connectivity index (χ4v) is 3.88. The molecule has 21 heavy (non-hydrogen) atoms. The number of halogens is 3. The highest BCUT2D eigenvalue weighted by Crippen LogP contribution is 2.29. The smallest absolute Gasteiger partial charge is 0.377 e. The minimum atomic E-state index is -4.28. The molecule has 1 aromatic carbocycles. The Balaban J connectivity index is 2.43. The van der Waals surface area contributed by atoms with Crippen molar-refractivity contribution in [3.63, 3.8) is 0 Å². The average molecular weight is 322 g/mol. The first-order valence-electron chi connectivity index (χ1n) is 6.68. The lowest BCUT2D eigenvalue weighted by molar-refractivity contribution is -0.137. The molecule has 0 amide bonds. The van der Waals surface area contributed by atoms with Crippen LogP contribution in [0.4, 0.5) is 13.2 Å². The van der Waals surface area contributed by atoms with E-state index in [0.717, 1.165) is 37.0 Å². The summed E-state index contributed by atoms with van der Waals surface area (Å²) in [5.41, 5.74) is 0.276. The van der Waals surface area contributed by atoms with E-state index >= 15 is 0 Å². The van der Waals surface area contributed by atoms with E-state index in [-0.39, 0.29) is 0 Å². The van der Waals surface area contributed by atoms with Crippen molar-refractivity contribution >= 4 is 8.80 Å². The van der Waals surface area contributed by atoms with Crippen LogP contribution in [0.15, 0.2) is 24.3 Å². The monoisotopic (exact) mass is 322 g/mol. The van der Waals surface area contributed by atoms with E-state index < -0.39 is 20.5 Å². The van der Waals surface area contributed by atoms with Crippen molar-refractivity contribution in [2.75, 3.05) is 21.3 Å². The molecule has 0 fully saturated rings. The Kier molecular flexibility index (Phi) is 6.86. The molecule has 0 N–H and O–H groups in total. The number of alkyl halides is 3. The van der Waals surface area contributed by atoms with E-state index in [4.69, 9.17) is 13.3 Å². The lowest BCUT2D eigenvalue weighted by atomic mass is 10.1. The third-order valence-corrected chi connectivity index (χ3v) is 6.24. The maximum absolute atomic E-state index is 12.4. The summed E-state index contributed by atoms with van der Waals surface area (Å²) < 4.78 is 53.2. The van der Waals surface area contributed by atoms with Crippen LogP contribution < -0.4 is 0 Å². The first kappa shape index (κ1) is 18.2. The van der Waals surface area contributed by atoms with Crippen LogP contribution in [0.5, 0.6) is 0 Å². The molecule has 0 radical (unpaired) electrons. The lowest BCUT2D eigenvalue weighted by Crippen LogP contribution is -2.42. The van der Waals surface area contributed by atoms with Gasteiger partial charge in [0.1, 0.15) is 0 Å². The number of unbranched alkanes of at least 4 members (excludes halogenated alkanes) is 1. The van der Waals surface area contributed by atoms with Crippen LogP contribution >= 0.6 is 0 Å². The molecule has 0 spiro atoms. The molecule has 7 heteroatoms. The quantitative estimate of drug-likeness (QED) is 0.536. The summed E-state index contributed by atoms with van der Waals surface area (Å²) in [5.74, 6) is 0. The number of hydrogen-bond donors (Lipinski definition) is 0. The van der Waals surface area contributed by atoms with Crippen molar-refractivity contribution in [3.8, 4) is 0 Å². The Labute approximate surface area is 124 Å². The van der Waals surface area contributed by atoms with Crippen molar-refractivity contribution in [3.05, 3.63) is 35.4 Å². The van der Waals surface area contributed by atoms with E-state index in [0.29, 0.717) is 6.04 Å². The van der Waals surface area contributed by atoms with E-state index in [1.165, 1.54) is 12.1 Å². The molecule has 0 aliphatic rings. The molecule has 0 saturated heterocycles. The normalized spacial score (nSPS) is 12.7. The van der Waals surface area contributed by atoms with Crippen LogP contribution in [-0.2, 0) is 25.9 Å². The number of aryl methyl sites for hydroxylation is 1. The Morgan fingerprint density at radius 2 is 1.43 bits per heavy atom.